The summed E-state index contributed by atoms with van der Waals surface area (Å²) in [6, 6.07) is 6.81. The van der Waals surface area contributed by atoms with Crippen LogP contribution in [0.4, 0.5) is 0 Å². The maximum Gasteiger partial charge on any atom is 0.244 e. The van der Waals surface area contributed by atoms with Gasteiger partial charge in [0, 0.05) is 18.2 Å². The van der Waals surface area contributed by atoms with Crippen LogP contribution in [0, 0.1) is 0 Å². The standard InChI is InChI=1S/C23H35N3O3/c1-18(25-21(27)14-11-19-9-12-20(29-4)13-10-19)22(28)24-17-23(26(2)3)15-7-5-6-8-16-23/h9-14,18H,5-8,15-17H2,1-4H3,(H,24,28)(H,25,27)/b14-11+. The minimum atomic E-state index is -0.590. The van der Waals surface area contributed by atoms with Crippen molar-refractivity contribution in [1.82, 2.24) is 15.5 Å². The number of carbonyl (C=O) groups is 2. The third kappa shape index (κ3) is 6.89. The quantitative estimate of drug-likeness (QED) is 0.519. The highest BCUT2D eigenvalue weighted by atomic mass is 16.5. The molecule has 1 saturated carbocycles. The van der Waals surface area contributed by atoms with E-state index in [1.807, 2.05) is 24.3 Å². The smallest absolute Gasteiger partial charge is 0.244 e. The minimum Gasteiger partial charge on any atom is -0.497 e. The van der Waals surface area contributed by atoms with Crippen LogP contribution in [0.3, 0.4) is 0 Å². The van der Waals surface area contributed by atoms with Crippen LogP contribution in [0.5, 0.6) is 5.75 Å². The van der Waals surface area contributed by atoms with Crippen LogP contribution in [0.2, 0.25) is 0 Å². The Morgan fingerprint density at radius 1 is 1.14 bits per heavy atom. The van der Waals surface area contributed by atoms with Crippen molar-refractivity contribution in [2.75, 3.05) is 27.7 Å². The van der Waals surface area contributed by atoms with Gasteiger partial charge in [-0.15, -0.1) is 0 Å². The third-order valence-corrected chi connectivity index (χ3v) is 5.87. The SMILES string of the molecule is COc1ccc(/C=C/C(=O)NC(C)C(=O)NCC2(N(C)C)CCCCCC2)cc1. The molecule has 0 bridgehead atoms. The topological polar surface area (TPSA) is 70.7 Å². The summed E-state index contributed by atoms with van der Waals surface area (Å²) in [6.07, 6.45) is 10.2. The molecule has 6 nitrogen and oxygen atoms in total. The summed E-state index contributed by atoms with van der Waals surface area (Å²) in [6.45, 7) is 2.32. The Balaban J connectivity index is 1.85. The number of likely N-dealkylation sites (N-methyl/N-ethyl adjacent to an activating group) is 1. The van der Waals surface area contributed by atoms with Gasteiger partial charge in [0.05, 0.1) is 7.11 Å². The fraction of sp³-hybridized carbons (Fsp3) is 0.565. The van der Waals surface area contributed by atoms with Crippen LogP contribution in [0.25, 0.3) is 6.08 Å². The van der Waals surface area contributed by atoms with E-state index in [4.69, 9.17) is 4.74 Å². The Bertz CT molecular complexity index is 690. The molecule has 29 heavy (non-hydrogen) atoms. The van der Waals surface area contributed by atoms with E-state index < -0.39 is 6.04 Å². The molecule has 1 aromatic carbocycles. The average molecular weight is 402 g/mol. The molecule has 2 rings (SSSR count). The lowest BCUT2D eigenvalue weighted by Crippen LogP contribution is -2.55. The predicted octanol–water partition coefficient (Wildman–Crippen LogP) is 2.98. The second-order valence-electron chi connectivity index (χ2n) is 8.09. The lowest BCUT2D eigenvalue weighted by Gasteiger charge is -2.40. The Labute approximate surface area is 174 Å². The van der Waals surface area contributed by atoms with Gasteiger partial charge >= 0.3 is 0 Å². The number of nitrogens with one attached hydrogen (secondary N) is 2. The van der Waals surface area contributed by atoms with Crippen molar-refractivity contribution < 1.29 is 14.3 Å². The van der Waals surface area contributed by atoms with Crippen molar-refractivity contribution in [1.29, 1.82) is 0 Å². The summed E-state index contributed by atoms with van der Waals surface area (Å²) in [5.41, 5.74) is 0.892. The molecular formula is C23H35N3O3. The van der Waals surface area contributed by atoms with E-state index in [-0.39, 0.29) is 17.4 Å². The predicted molar refractivity (Wildman–Crippen MR) is 117 cm³/mol. The zero-order valence-electron chi connectivity index (χ0n) is 18.2. The summed E-state index contributed by atoms with van der Waals surface area (Å²) in [5, 5.41) is 5.80. The lowest BCUT2D eigenvalue weighted by atomic mass is 9.88. The minimum absolute atomic E-state index is 0.00412. The summed E-state index contributed by atoms with van der Waals surface area (Å²) >= 11 is 0. The van der Waals surface area contributed by atoms with Crippen molar-refractivity contribution >= 4 is 17.9 Å². The second-order valence-corrected chi connectivity index (χ2v) is 8.09. The van der Waals surface area contributed by atoms with Crippen molar-refractivity contribution in [3.8, 4) is 5.75 Å². The molecule has 1 aliphatic rings. The van der Waals surface area contributed by atoms with Crippen LogP contribution in [0.1, 0.15) is 51.0 Å². The molecule has 1 unspecified atom stereocenters. The molecule has 1 aromatic rings. The molecule has 160 valence electrons. The summed E-state index contributed by atoms with van der Waals surface area (Å²) in [5.74, 6) is 0.322. The highest BCUT2D eigenvalue weighted by Crippen LogP contribution is 2.30. The van der Waals surface area contributed by atoms with Gasteiger partial charge in [0.25, 0.3) is 0 Å². The van der Waals surface area contributed by atoms with Gasteiger partial charge in [-0.1, -0.05) is 37.8 Å². The van der Waals surface area contributed by atoms with E-state index in [0.29, 0.717) is 6.54 Å². The molecule has 1 atom stereocenters. The maximum absolute atomic E-state index is 12.5. The molecule has 0 saturated heterocycles. The van der Waals surface area contributed by atoms with Crippen molar-refractivity contribution in [3.05, 3.63) is 35.9 Å². The number of benzene rings is 1. The largest absolute Gasteiger partial charge is 0.497 e. The Morgan fingerprint density at radius 3 is 2.31 bits per heavy atom. The number of amides is 2. The first-order valence-corrected chi connectivity index (χ1v) is 10.4. The van der Waals surface area contributed by atoms with Gasteiger partial charge in [-0.3, -0.25) is 9.59 Å². The number of ether oxygens (including phenoxy) is 1. The highest BCUT2D eigenvalue weighted by molar-refractivity contribution is 5.95. The van der Waals surface area contributed by atoms with Crippen LogP contribution >= 0.6 is 0 Å². The maximum atomic E-state index is 12.5. The van der Waals surface area contributed by atoms with Gasteiger partial charge < -0.3 is 20.3 Å². The molecule has 0 aliphatic heterocycles. The first kappa shape index (κ1) is 22.9. The third-order valence-electron chi connectivity index (χ3n) is 5.87. The highest BCUT2D eigenvalue weighted by Gasteiger charge is 2.33. The number of hydrogen-bond donors (Lipinski definition) is 2. The van der Waals surface area contributed by atoms with Gasteiger partial charge in [-0.05, 0) is 57.6 Å². The molecule has 2 amide bonds. The molecule has 6 heteroatoms. The number of carbonyl (C=O) groups excluding carboxylic acids is 2. The molecule has 0 heterocycles. The number of methoxy groups -OCH3 is 1. The zero-order valence-corrected chi connectivity index (χ0v) is 18.2. The van der Waals surface area contributed by atoms with Crippen LogP contribution < -0.4 is 15.4 Å². The first-order chi connectivity index (χ1) is 13.9. The Hall–Kier alpha value is -2.34. The van der Waals surface area contributed by atoms with Gasteiger partial charge in [-0.25, -0.2) is 0 Å². The van der Waals surface area contributed by atoms with Crippen molar-refractivity contribution in [2.24, 2.45) is 0 Å². The fourth-order valence-electron chi connectivity index (χ4n) is 3.79. The van der Waals surface area contributed by atoms with E-state index in [0.717, 1.165) is 24.2 Å². The Morgan fingerprint density at radius 2 is 1.76 bits per heavy atom. The van der Waals surface area contributed by atoms with E-state index in [1.54, 1.807) is 20.1 Å². The van der Waals surface area contributed by atoms with E-state index in [1.165, 1.54) is 31.8 Å². The first-order valence-electron chi connectivity index (χ1n) is 10.4. The molecular weight excluding hydrogens is 366 g/mol. The van der Waals surface area contributed by atoms with Crippen LogP contribution in [-0.4, -0.2) is 56.0 Å². The van der Waals surface area contributed by atoms with Gasteiger partial charge in [-0.2, -0.15) is 0 Å². The van der Waals surface area contributed by atoms with Crippen molar-refractivity contribution in [2.45, 2.75) is 57.0 Å². The van der Waals surface area contributed by atoms with E-state index in [9.17, 15) is 9.59 Å². The second kappa shape index (κ2) is 11.0. The molecule has 0 spiro atoms. The van der Waals surface area contributed by atoms with Crippen molar-refractivity contribution in [3.63, 3.8) is 0 Å². The zero-order chi connectivity index (χ0) is 21.3. The fourth-order valence-corrected chi connectivity index (χ4v) is 3.79. The number of rotatable bonds is 8. The lowest BCUT2D eigenvalue weighted by molar-refractivity contribution is -0.127. The van der Waals surface area contributed by atoms with E-state index in [2.05, 4.69) is 29.6 Å². The van der Waals surface area contributed by atoms with Gasteiger partial charge in [0.1, 0.15) is 11.8 Å². The average Bonchev–Trinajstić information content (AvgIpc) is 2.97. The summed E-state index contributed by atoms with van der Waals surface area (Å²) in [4.78, 5) is 26.9. The summed E-state index contributed by atoms with van der Waals surface area (Å²) < 4.78 is 5.12. The molecule has 1 aliphatic carbocycles. The molecule has 2 N–H and O–H groups in total. The summed E-state index contributed by atoms with van der Waals surface area (Å²) in [7, 11) is 5.79. The van der Waals surface area contributed by atoms with Gasteiger partial charge in [0.15, 0.2) is 0 Å². The van der Waals surface area contributed by atoms with Crippen LogP contribution in [0.15, 0.2) is 30.3 Å². The number of nitrogens with zero attached hydrogens (tertiary/aromatic N) is 1. The molecule has 1 fully saturated rings. The van der Waals surface area contributed by atoms with Crippen LogP contribution in [-0.2, 0) is 9.59 Å². The monoisotopic (exact) mass is 401 g/mol. The normalized spacial score (nSPS) is 17.6. The molecule has 0 aromatic heterocycles. The van der Waals surface area contributed by atoms with E-state index >= 15 is 0 Å². The number of hydrogen-bond acceptors (Lipinski definition) is 4. The van der Waals surface area contributed by atoms with Gasteiger partial charge in [0.2, 0.25) is 11.8 Å². The Kier molecular flexibility index (Phi) is 8.70. The molecule has 0 radical (unpaired) electrons.